The van der Waals surface area contributed by atoms with E-state index >= 15 is 0 Å². The molecular formula is C14H21N3O2. The molecule has 1 fully saturated rings. The van der Waals surface area contributed by atoms with Gasteiger partial charge < -0.3 is 21.1 Å². The van der Waals surface area contributed by atoms with Crippen LogP contribution in [-0.2, 0) is 0 Å². The molecule has 0 unspecified atom stereocenters. The Morgan fingerprint density at radius 3 is 2.63 bits per heavy atom. The number of nitrogens with one attached hydrogen (secondary N) is 1. The molecule has 1 aliphatic carbocycles. The molecule has 0 bridgehead atoms. The predicted octanol–water partition coefficient (Wildman–Crippen LogP) is 1.30. The topological polar surface area (TPSA) is 78.6 Å². The highest BCUT2D eigenvalue weighted by Gasteiger charge is 2.37. The molecule has 0 heterocycles. The van der Waals surface area contributed by atoms with E-state index in [-0.39, 0.29) is 18.1 Å². The lowest BCUT2D eigenvalue weighted by Crippen LogP contribution is -2.48. The Morgan fingerprint density at radius 1 is 1.47 bits per heavy atom. The van der Waals surface area contributed by atoms with E-state index in [1.54, 1.807) is 32.3 Å². The van der Waals surface area contributed by atoms with Gasteiger partial charge in [-0.15, -0.1) is 0 Å². The molecular weight excluding hydrogens is 242 g/mol. The van der Waals surface area contributed by atoms with Gasteiger partial charge in [-0.25, -0.2) is 0 Å². The molecule has 0 spiro atoms. The van der Waals surface area contributed by atoms with Gasteiger partial charge in [0.05, 0.1) is 17.7 Å². The second-order valence-corrected chi connectivity index (χ2v) is 5.42. The van der Waals surface area contributed by atoms with Gasteiger partial charge in [-0.2, -0.15) is 0 Å². The number of aliphatic hydroxyl groups is 1. The van der Waals surface area contributed by atoms with Crippen LogP contribution in [0.4, 0.5) is 11.4 Å². The zero-order valence-corrected chi connectivity index (χ0v) is 11.4. The average molecular weight is 263 g/mol. The quantitative estimate of drug-likeness (QED) is 0.715. The van der Waals surface area contributed by atoms with Crippen molar-refractivity contribution in [2.24, 2.45) is 0 Å². The third kappa shape index (κ3) is 2.66. The molecule has 0 aromatic heterocycles. The molecule has 0 aliphatic heterocycles. The van der Waals surface area contributed by atoms with Crippen molar-refractivity contribution in [3.05, 3.63) is 23.8 Å². The van der Waals surface area contributed by atoms with Gasteiger partial charge in [0.15, 0.2) is 0 Å². The van der Waals surface area contributed by atoms with Crippen LogP contribution in [0.1, 0.15) is 29.6 Å². The first kappa shape index (κ1) is 13.7. The molecule has 1 aromatic carbocycles. The Kier molecular flexibility index (Phi) is 3.66. The number of benzene rings is 1. The van der Waals surface area contributed by atoms with Gasteiger partial charge in [0, 0.05) is 25.5 Å². The lowest BCUT2D eigenvalue weighted by atomic mass is 9.77. The van der Waals surface area contributed by atoms with Gasteiger partial charge in [-0.3, -0.25) is 4.79 Å². The number of hydrogen-bond donors (Lipinski definition) is 3. The van der Waals surface area contributed by atoms with E-state index in [1.807, 2.05) is 0 Å². The number of aliphatic hydroxyl groups excluding tert-OH is 1. The highest BCUT2D eigenvalue weighted by atomic mass is 16.3. The van der Waals surface area contributed by atoms with E-state index < -0.39 is 0 Å². The Hall–Kier alpha value is -1.75. The fourth-order valence-corrected chi connectivity index (χ4v) is 2.30. The average Bonchev–Trinajstić information content (AvgIpc) is 2.33. The maximum absolute atomic E-state index is 12.1. The first-order valence-corrected chi connectivity index (χ1v) is 6.48. The van der Waals surface area contributed by atoms with Gasteiger partial charge >= 0.3 is 0 Å². The molecule has 5 nitrogen and oxygen atoms in total. The summed E-state index contributed by atoms with van der Waals surface area (Å²) in [6.45, 7) is 0.0669. The fraction of sp³-hybridized carbons (Fsp3) is 0.500. The smallest absolute Gasteiger partial charge is 0.255 e. The number of carbonyl (C=O) groups is 1. The highest BCUT2D eigenvalue weighted by Crippen LogP contribution is 2.36. The molecule has 1 amide bonds. The number of carbonyl (C=O) groups excluding carboxylic acids is 1. The largest absolute Gasteiger partial charge is 0.399 e. The van der Waals surface area contributed by atoms with Crippen molar-refractivity contribution in [3.63, 3.8) is 0 Å². The molecule has 1 saturated carbocycles. The van der Waals surface area contributed by atoms with Crippen molar-refractivity contribution in [1.82, 2.24) is 4.90 Å². The number of nitrogen functional groups attached to an aromatic ring is 1. The summed E-state index contributed by atoms with van der Waals surface area (Å²) in [5.74, 6) is -0.0742. The summed E-state index contributed by atoms with van der Waals surface area (Å²) >= 11 is 0. The summed E-state index contributed by atoms with van der Waals surface area (Å²) < 4.78 is 0. The molecule has 2 rings (SSSR count). The zero-order chi connectivity index (χ0) is 14.0. The van der Waals surface area contributed by atoms with E-state index in [0.29, 0.717) is 16.9 Å². The Morgan fingerprint density at radius 2 is 2.16 bits per heavy atom. The minimum atomic E-state index is -0.296. The fourth-order valence-electron chi connectivity index (χ4n) is 2.30. The summed E-state index contributed by atoms with van der Waals surface area (Å²) in [7, 11) is 3.43. The van der Waals surface area contributed by atoms with E-state index in [4.69, 9.17) is 5.73 Å². The molecule has 1 aliphatic rings. The molecule has 104 valence electrons. The third-order valence-electron chi connectivity index (χ3n) is 3.69. The van der Waals surface area contributed by atoms with E-state index in [1.165, 1.54) is 4.90 Å². The first-order chi connectivity index (χ1) is 8.97. The van der Waals surface area contributed by atoms with Crippen molar-refractivity contribution in [3.8, 4) is 0 Å². The van der Waals surface area contributed by atoms with Crippen LogP contribution in [0.3, 0.4) is 0 Å². The van der Waals surface area contributed by atoms with Gasteiger partial charge in [0.2, 0.25) is 0 Å². The lowest BCUT2D eigenvalue weighted by molar-refractivity contribution is 0.0827. The standard InChI is InChI=1S/C14H21N3O2/c1-17(2)13(19)11-5-4-10(15)8-12(11)16-14(9-18)6-3-7-14/h4-5,8,16,18H,3,6-7,9,15H2,1-2H3. The lowest BCUT2D eigenvalue weighted by Gasteiger charge is -2.42. The van der Waals surface area contributed by atoms with Crippen LogP contribution in [0.15, 0.2) is 18.2 Å². The third-order valence-corrected chi connectivity index (χ3v) is 3.69. The SMILES string of the molecule is CN(C)C(=O)c1ccc(N)cc1NC1(CO)CCC1. The van der Waals surface area contributed by atoms with Gasteiger partial charge in [0.25, 0.3) is 5.91 Å². The maximum atomic E-state index is 12.1. The first-order valence-electron chi connectivity index (χ1n) is 6.48. The van der Waals surface area contributed by atoms with Crippen molar-refractivity contribution in [2.75, 3.05) is 31.8 Å². The number of anilines is 2. The molecule has 1 aromatic rings. The normalized spacial score (nSPS) is 16.6. The summed E-state index contributed by atoms with van der Waals surface area (Å²) in [4.78, 5) is 13.7. The Balaban J connectivity index is 2.32. The monoisotopic (exact) mass is 263 g/mol. The molecule has 0 atom stereocenters. The van der Waals surface area contributed by atoms with Crippen LogP contribution in [-0.4, -0.2) is 42.2 Å². The maximum Gasteiger partial charge on any atom is 0.255 e. The highest BCUT2D eigenvalue weighted by molar-refractivity contribution is 6.00. The zero-order valence-electron chi connectivity index (χ0n) is 11.4. The van der Waals surface area contributed by atoms with Crippen LogP contribution in [0.5, 0.6) is 0 Å². The predicted molar refractivity (Wildman–Crippen MR) is 76.2 cm³/mol. The molecule has 0 saturated heterocycles. The molecule has 0 radical (unpaired) electrons. The summed E-state index contributed by atoms with van der Waals surface area (Å²) in [6, 6.07) is 5.20. The van der Waals surface area contributed by atoms with Gasteiger partial charge in [-0.05, 0) is 37.5 Å². The molecule has 19 heavy (non-hydrogen) atoms. The number of nitrogens with two attached hydrogens (primary N) is 1. The van der Waals surface area contributed by atoms with Crippen LogP contribution < -0.4 is 11.1 Å². The molecule has 4 N–H and O–H groups in total. The van der Waals surface area contributed by atoms with Crippen molar-refractivity contribution in [2.45, 2.75) is 24.8 Å². The van der Waals surface area contributed by atoms with Crippen molar-refractivity contribution in [1.29, 1.82) is 0 Å². The van der Waals surface area contributed by atoms with Gasteiger partial charge in [0.1, 0.15) is 0 Å². The summed E-state index contributed by atoms with van der Waals surface area (Å²) in [5, 5.41) is 12.8. The van der Waals surface area contributed by atoms with Crippen LogP contribution in [0.25, 0.3) is 0 Å². The summed E-state index contributed by atoms with van der Waals surface area (Å²) in [5.41, 5.74) is 7.39. The number of hydrogen-bond acceptors (Lipinski definition) is 4. The number of nitrogens with zero attached hydrogens (tertiary/aromatic N) is 1. The van der Waals surface area contributed by atoms with Crippen molar-refractivity contribution < 1.29 is 9.90 Å². The minimum absolute atomic E-state index is 0.0669. The minimum Gasteiger partial charge on any atom is -0.399 e. The summed E-state index contributed by atoms with van der Waals surface area (Å²) in [6.07, 6.45) is 2.91. The van der Waals surface area contributed by atoms with E-state index in [9.17, 15) is 9.90 Å². The second kappa shape index (κ2) is 5.09. The van der Waals surface area contributed by atoms with Gasteiger partial charge in [-0.1, -0.05) is 0 Å². The molecule has 5 heteroatoms. The van der Waals surface area contributed by atoms with E-state index in [0.717, 1.165) is 19.3 Å². The van der Waals surface area contributed by atoms with Crippen LogP contribution >= 0.6 is 0 Å². The van der Waals surface area contributed by atoms with Crippen LogP contribution in [0, 0.1) is 0 Å². The Bertz CT molecular complexity index is 476. The number of rotatable bonds is 4. The van der Waals surface area contributed by atoms with Crippen LogP contribution in [0.2, 0.25) is 0 Å². The van der Waals surface area contributed by atoms with Crippen molar-refractivity contribution >= 4 is 17.3 Å². The Labute approximate surface area is 113 Å². The second-order valence-electron chi connectivity index (χ2n) is 5.42. The number of amides is 1. The van der Waals surface area contributed by atoms with E-state index in [2.05, 4.69) is 5.32 Å².